The lowest BCUT2D eigenvalue weighted by Gasteiger charge is -2.21. The monoisotopic (exact) mass is 217 g/mol. The zero-order valence-electron chi connectivity index (χ0n) is 8.71. The average molecular weight is 217 g/mol. The lowest BCUT2D eigenvalue weighted by atomic mass is 10.2. The first-order valence-electron chi connectivity index (χ1n) is 4.80. The minimum absolute atomic E-state index is 0.0164. The Morgan fingerprint density at radius 1 is 1.47 bits per heavy atom. The molecule has 0 aliphatic carbocycles. The van der Waals surface area contributed by atoms with Crippen LogP contribution in [0.15, 0.2) is 0 Å². The molecule has 0 saturated carbocycles. The van der Waals surface area contributed by atoms with E-state index in [2.05, 4.69) is 0 Å². The Bertz CT molecular complexity index is 265. The molecule has 1 fully saturated rings. The molecule has 1 rings (SSSR count). The number of carbonyl (C=O) groups is 2. The van der Waals surface area contributed by atoms with Gasteiger partial charge < -0.3 is 14.9 Å². The number of hydrogen-bond acceptors (Lipinski definition) is 4. The first-order chi connectivity index (χ1) is 6.91. The van der Waals surface area contributed by atoms with Crippen molar-refractivity contribution in [2.75, 3.05) is 6.54 Å². The van der Waals surface area contributed by atoms with Crippen LogP contribution in [0.4, 0.5) is 4.79 Å². The molecular formula is C9H15NO5. The van der Waals surface area contributed by atoms with Crippen LogP contribution < -0.4 is 0 Å². The molecule has 15 heavy (non-hydrogen) atoms. The van der Waals surface area contributed by atoms with E-state index < -0.39 is 24.2 Å². The van der Waals surface area contributed by atoms with Crippen LogP contribution in [0.3, 0.4) is 0 Å². The lowest BCUT2D eigenvalue weighted by Crippen LogP contribution is -2.41. The number of carboxylic acids is 1. The highest BCUT2D eigenvalue weighted by Crippen LogP contribution is 2.19. The van der Waals surface area contributed by atoms with Gasteiger partial charge in [0.2, 0.25) is 0 Å². The van der Waals surface area contributed by atoms with E-state index in [1.807, 2.05) is 0 Å². The fourth-order valence-electron chi connectivity index (χ4n) is 1.52. The van der Waals surface area contributed by atoms with Gasteiger partial charge in [-0.05, 0) is 13.8 Å². The molecule has 2 N–H and O–H groups in total. The largest absolute Gasteiger partial charge is 0.480 e. The number of ether oxygens (including phenoxy) is 1. The minimum Gasteiger partial charge on any atom is -0.480 e. The van der Waals surface area contributed by atoms with E-state index in [1.54, 1.807) is 13.8 Å². The number of carboxylic acid groups (broad SMARTS) is 1. The van der Waals surface area contributed by atoms with E-state index in [0.29, 0.717) is 0 Å². The third-order valence-electron chi connectivity index (χ3n) is 2.14. The number of nitrogens with zero attached hydrogens (tertiary/aromatic N) is 1. The summed E-state index contributed by atoms with van der Waals surface area (Å²) in [5.41, 5.74) is 0. The predicted molar refractivity (Wildman–Crippen MR) is 50.4 cm³/mol. The molecule has 1 saturated heterocycles. The summed E-state index contributed by atoms with van der Waals surface area (Å²) in [7, 11) is 0. The molecule has 0 unspecified atom stereocenters. The highest BCUT2D eigenvalue weighted by atomic mass is 16.6. The number of aliphatic hydroxyl groups is 1. The summed E-state index contributed by atoms with van der Waals surface area (Å²) in [5.74, 6) is -1.12. The molecule has 0 radical (unpaired) electrons. The number of β-amino-alcohol motifs (C(OH)–C–C–N with tert-alkyl or cyclic N) is 1. The van der Waals surface area contributed by atoms with Crippen molar-refractivity contribution < 1.29 is 24.5 Å². The molecule has 1 aliphatic rings. The average Bonchev–Trinajstić information content (AvgIpc) is 2.46. The van der Waals surface area contributed by atoms with Gasteiger partial charge in [-0.15, -0.1) is 0 Å². The van der Waals surface area contributed by atoms with E-state index >= 15 is 0 Å². The van der Waals surface area contributed by atoms with Crippen LogP contribution in [0.5, 0.6) is 0 Å². The summed E-state index contributed by atoms with van der Waals surface area (Å²) < 4.78 is 4.88. The van der Waals surface area contributed by atoms with E-state index in [9.17, 15) is 14.7 Å². The summed E-state index contributed by atoms with van der Waals surface area (Å²) in [6.45, 7) is 3.38. The molecular weight excluding hydrogens is 202 g/mol. The topological polar surface area (TPSA) is 87.1 Å². The third kappa shape index (κ3) is 2.82. The second kappa shape index (κ2) is 4.48. The van der Waals surface area contributed by atoms with E-state index in [0.717, 1.165) is 4.90 Å². The third-order valence-corrected chi connectivity index (χ3v) is 2.14. The Morgan fingerprint density at radius 3 is 2.53 bits per heavy atom. The van der Waals surface area contributed by atoms with Gasteiger partial charge in [0.05, 0.1) is 18.8 Å². The first-order valence-corrected chi connectivity index (χ1v) is 4.80. The Balaban J connectivity index is 2.66. The quantitative estimate of drug-likeness (QED) is 0.682. The Labute approximate surface area is 87.4 Å². The highest BCUT2D eigenvalue weighted by Gasteiger charge is 2.39. The van der Waals surface area contributed by atoms with Gasteiger partial charge >= 0.3 is 12.1 Å². The van der Waals surface area contributed by atoms with E-state index in [-0.39, 0.29) is 19.1 Å². The molecule has 1 heterocycles. The molecule has 2 atom stereocenters. The molecule has 6 heteroatoms. The SMILES string of the molecule is CC(C)OC(=O)N1C[C@H](O)C[C@@H]1C(=O)O. The summed E-state index contributed by atoms with van der Waals surface area (Å²) in [5, 5.41) is 18.1. The summed E-state index contributed by atoms with van der Waals surface area (Å²) in [4.78, 5) is 23.3. The van der Waals surface area contributed by atoms with E-state index in [1.165, 1.54) is 0 Å². The van der Waals surface area contributed by atoms with Gasteiger partial charge in [0, 0.05) is 6.42 Å². The van der Waals surface area contributed by atoms with Crippen LogP contribution in [0.1, 0.15) is 20.3 Å². The van der Waals surface area contributed by atoms with Gasteiger partial charge in [-0.1, -0.05) is 0 Å². The van der Waals surface area contributed by atoms with Gasteiger partial charge in [0.15, 0.2) is 0 Å². The van der Waals surface area contributed by atoms with Crippen LogP contribution in [-0.2, 0) is 9.53 Å². The van der Waals surface area contributed by atoms with Gasteiger partial charge in [-0.2, -0.15) is 0 Å². The fraction of sp³-hybridized carbons (Fsp3) is 0.778. The Hall–Kier alpha value is -1.30. The van der Waals surface area contributed by atoms with Crippen molar-refractivity contribution in [3.8, 4) is 0 Å². The number of amides is 1. The van der Waals surface area contributed by atoms with Crippen molar-refractivity contribution in [1.29, 1.82) is 0 Å². The Kier molecular flexibility index (Phi) is 3.52. The molecule has 86 valence electrons. The van der Waals surface area contributed by atoms with Crippen LogP contribution in [0.25, 0.3) is 0 Å². The summed E-state index contributed by atoms with van der Waals surface area (Å²) in [6.07, 6.45) is -1.72. The van der Waals surface area contributed by atoms with Crippen LogP contribution in [0.2, 0.25) is 0 Å². The van der Waals surface area contributed by atoms with E-state index in [4.69, 9.17) is 9.84 Å². The zero-order valence-corrected chi connectivity index (χ0v) is 8.71. The summed E-state index contributed by atoms with van der Waals surface area (Å²) in [6, 6.07) is -0.980. The number of likely N-dealkylation sites (tertiary alicyclic amines) is 1. The molecule has 0 aromatic carbocycles. The number of aliphatic carboxylic acids is 1. The number of hydrogen-bond donors (Lipinski definition) is 2. The number of aliphatic hydroxyl groups excluding tert-OH is 1. The second-order valence-corrected chi connectivity index (χ2v) is 3.83. The van der Waals surface area contributed by atoms with Crippen molar-refractivity contribution in [3.63, 3.8) is 0 Å². The lowest BCUT2D eigenvalue weighted by molar-refractivity contribution is -0.141. The minimum atomic E-state index is -1.12. The van der Waals surface area contributed by atoms with Crippen molar-refractivity contribution in [1.82, 2.24) is 4.90 Å². The van der Waals surface area contributed by atoms with Crippen molar-refractivity contribution in [2.24, 2.45) is 0 Å². The van der Waals surface area contributed by atoms with Gasteiger partial charge in [-0.3, -0.25) is 4.90 Å². The molecule has 0 aromatic rings. The smallest absolute Gasteiger partial charge is 0.410 e. The number of rotatable bonds is 2. The molecule has 0 bridgehead atoms. The first kappa shape index (κ1) is 11.8. The molecule has 0 aromatic heterocycles. The molecule has 1 amide bonds. The van der Waals surface area contributed by atoms with Crippen LogP contribution in [0, 0.1) is 0 Å². The van der Waals surface area contributed by atoms with Gasteiger partial charge in [0.1, 0.15) is 6.04 Å². The Morgan fingerprint density at radius 2 is 2.07 bits per heavy atom. The van der Waals surface area contributed by atoms with Crippen LogP contribution >= 0.6 is 0 Å². The van der Waals surface area contributed by atoms with Crippen molar-refractivity contribution >= 4 is 12.1 Å². The highest BCUT2D eigenvalue weighted by molar-refractivity contribution is 5.80. The standard InChI is InChI=1S/C9H15NO5/c1-5(2)15-9(14)10-4-6(11)3-7(10)8(12)13/h5-7,11H,3-4H2,1-2H3,(H,12,13)/t6-,7-/m1/s1. The summed E-state index contributed by atoms with van der Waals surface area (Å²) >= 11 is 0. The fourth-order valence-corrected chi connectivity index (χ4v) is 1.52. The zero-order chi connectivity index (χ0) is 11.6. The van der Waals surface area contributed by atoms with Crippen molar-refractivity contribution in [2.45, 2.75) is 38.5 Å². The molecule has 0 spiro atoms. The molecule has 1 aliphatic heterocycles. The van der Waals surface area contributed by atoms with Gasteiger partial charge in [0.25, 0.3) is 0 Å². The maximum Gasteiger partial charge on any atom is 0.410 e. The second-order valence-electron chi connectivity index (χ2n) is 3.83. The maximum absolute atomic E-state index is 11.4. The predicted octanol–water partition coefficient (Wildman–Crippen LogP) is 0.0512. The number of carbonyl (C=O) groups excluding carboxylic acids is 1. The molecule has 6 nitrogen and oxygen atoms in total. The maximum atomic E-state index is 11.4. The van der Waals surface area contributed by atoms with Crippen molar-refractivity contribution in [3.05, 3.63) is 0 Å². The van der Waals surface area contributed by atoms with Gasteiger partial charge in [-0.25, -0.2) is 9.59 Å². The normalized spacial score (nSPS) is 25.7. The van der Waals surface area contributed by atoms with Crippen LogP contribution in [-0.4, -0.2) is 52.0 Å².